The summed E-state index contributed by atoms with van der Waals surface area (Å²) in [5.41, 5.74) is 1.97. The summed E-state index contributed by atoms with van der Waals surface area (Å²) in [5.74, 6) is -1.79. The number of hydrogen-bond acceptors (Lipinski definition) is 6. The molecule has 1 unspecified atom stereocenters. The van der Waals surface area contributed by atoms with Gasteiger partial charge in [-0.05, 0) is 62.6 Å². The van der Waals surface area contributed by atoms with Gasteiger partial charge in [-0.3, -0.25) is 19.3 Å². The first kappa shape index (κ1) is 23.2. The van der Waals surface area contributed by atoms with Crippen molar-refractivity contribution in [2.45, 2.75) is 58.9 Å². The van der Waals surface area contributed by atoms with Gasteiger partial charge in [0.25, 0.3) is 11.8 Å². The third-order valence-corrected chi connectivity index (χ3v) is 7.23. The highest BCUT2D eigenvalue weighted by molar-refractivity contribution is 7.17. The number of amides is 3. The molecule has 4 rings (SSSR count). The average Bonchev–Trinajstić information content (AvgIpc) is 3.27. The Balaban J connectivity index is 1.67. The number of carbonyl (C=O) groups excluding carboxylic acids is 4. The van der Waals surface area contributed by atoms with Crippen LogP contribution in [0.15, 0.2) is 24.3 Å². The van der Waals surface area contributed by atoms with Gasteiger partial charge in [0.2, 0.25) is 5.91 Å². The molecule has 1 N–H and O–H groups in total. The largest absolute Gasteiger partial charge is 0.462 e. The van der Waals surface area contributed by atoms with Crippen molar-refractivity contribution in [3.05, 3.63) is 51.4 Å². The van der Waals surface area contributed by atoms with E-state index in [9.17, 15) is 19.2 Å². The molecular weight excluding hydrogens is 440 g/mol. The van der Waals surface area contributed by atoms with Gasteiger partial charge in [0, 0.05) is 4.88 Å². The predicted molar refractivity (Wildman–Crippen MR) is 126 cm³/mol. The molecule has 2 aromatic rings. The van der Waals surface area contributed by atoms with E-state index in [1.165, 1.54) is 11.3 Å². The second-order valence-electron chi connectivity index (χ2n) is 8.80. The molecule has 1 aliphatic carbocycles. The van der Waals surface area contributed by atoms with E-state index in [2.05, 4.69) is 5.32 Å². The summed E-state index contributed by atoms with van der Waals surface area (Å²) in [6, 6.07) is 5.63. The van der Waals surface area contributed by atoms with E-state index in [1.54, 1.807) is 31.2 Å². The fourth-order valence-corrected chi connectivity index (χ4v) is 5.82. The zero-order valence-electron chi connectivity index (χ0n) is 19.1. The van der Waals surface area contributed by atoms with Crippen LogP contribution in [0, 0.1) is 5.92 Å². The van der Waals surface area contributed by atoms with Gasteiger partial charge < -0.3 is 10.1 Å². The number of hydrogen-bond donors (Lipinski definition) is 1. The predicted octanol–water partition coefficient (Wildman–Crippen LogP) is 4.45. The maximum absolute atomic E-state index is 13.5. The molecule has 2 heterocycles. The molecule has 0 spiro atoms. The summed E-state index contributed by atoms with van der Waals surface area (Å²) in [7, 11) is 0. The number of esters is 1. The molecule has 1 aliphatic heterocycles. The number of aryl methyl sites for hydroxylation is 1. The third kappa shape index (κ3) is 4.31. The highest BCUT2D eigenvalue weighted by Gasteiger charge is 2.43. The van der Waals surface area contributed by atoms with E-state index >= 15 is 0 Å². The monoisotopic (exact) mass is 468 g/mol. The average molecular weight is 469 g/mol. The number of thiophene rings is 1. The van der Waals surface area contributed by atoms with Crippen LogP contribution in [0.4, 0.5) is 5.00 Å². The Kier molecular flexibility index (Phi) is 6.65. The van der Waals surface area contributed by atoms with E-state index in [0.717, 1.165) is 41.0 Å². The van der Waals surface area contributed by atoms with Crippen LogP contribution in [-0.4, -0.2) is 41.2 Å². The van der Waals surface area contributed by atoms with Gasteiger partial charge in [-0.1, -0.05) is 26.0 Å². The molecule has 0 bridgehead atoms. The molecule has 8 heteroatoms. The SMILES string of the molecule is CCOC(=O)c1c(NC(=O)C(CC(C)C)N2C(=O)c3ccccc3C2=O)sc2c1CCCC2. The quantitative estimate of drug-likeness (QED) is 0.479. The van der Waals surface area contributed by atoms with Crippen LogP contribution in [0.3, 0.4) is 0 Å². The Morgan fingerprint density at radius 3 is 2.33 bits per heavy atom. The van der Waals surface area contributed by atoms with Crippen LogP contribution in [-0.2, 0) is 22.4 Å². The molecule has 0 saturated heterocycles. The van der Waals surface area contributed by atoms with Crippen LogP contribution < -0.4 is 5.32 Å². The summed E-state index contributed by atoms with van der Waals surface area (Å²) in [4.78, 5) is 54.5. The number of carbonyl (C=O) groups is 4. The molecule has 1 aromatic heterocycles. The molecule has 33 heavy (non-hydrogen) atoms. The standard InChI is InChI=1S/C25H28N2O5S/c1-4-32-25(31)20-17-11-7-8-12-19(17)33-22(20)26-21(28)18(13-14(2)3)27-23(29)15-9-5-6-10-16(15)24(27)30/h5-6,9-10,14,18H,4,7-8,11-13H2,1-3H3,(H,26,28). The van der Waals surface area contributed by atoms with Crippen molar-refractivity contribution in [2.75, 3.05) is 11.9 Å². The van der Waals surface area contributed by atoms with E-state index in [1.807, 2.05) is 13.8 Å². The van der Waals surface area contributed by atoms with Crippen LogP contribution >= 0.6 is 11.3 Å². The zero-order chi connectivity index (χ0) is 23.7. The molecule has 2 aliphatic rings. The van der Waals surface area contributed by atoms with Crippen molar-refractivity contribution in [2.24, 2.45) is 5.92 Å². The Labute approximate surface area is 197 Å². The zero-order valence-corrected chi connectivity index (χ0v) is 19.9. The van der Waals surface area contributed by atoms with Crippen molar-refractivity contribution in [1.82, 2.24) is 4.90 Å². The van der Waals surface area contributed by atoms with Crippen molar-refractivity contribution in [3.63, 3.8) is 0 Å². The lowest BCUT2D eigenvalue weighted by Gasteiger charge is -2.26. The van der Waals surface area contributed by atoms with Gasteiger partial charge in [-0.25, -0.2) is 4.79 Å². The second kappa shape index (κ2) is 9.47. The van der Waals surface area contributed by atoms with Gasteiger partial charge in [0.05, 0.1) is 23.3 Å². The maximum Gasteiger partial charge on any atom is 0.341 e. The van der Waals surface area contributed by atoms with Gasteiger partial charge in [-0.2, -0.15) is 0 Å². The fourth-order valence-electron chi connectivity index (χ4n) is 4.54. The lowest BCUT2D eigenvalue weighted by atomic mass is 9.95. The first-order chi connectivity index (χ1) is 15.8. The van der Waals surface area contributed by atoms with E-state index in [0.29, 0.717) is 28.1 Å². The fraction of sp³-hybridized carbons (Fsp3) is 0.440. The van der Waals surface area contributed by atoms with Crippen LogP contribution in [0.5, 0.6) is 0 Å². The number of nitrogens with zero attached hydrogens (tertiary/aromatic N) is 1. The minimum absolute atomic E-state index is 0.0612. The van der Waals surface area contributed by atoms with E-state index < -0.39 is 29.7 Å². The molecule has 0 fully saturated rings. The van der Waals surface area contributed by atoms with Crippen LogP contribution in [0.1, 0.15) is 81.5 Å². The van der Waals surface area contributed by atoms with Crippen molar-refractivity contribution < 1.29 is 23.9 Å². The van der Waals surface area contributed by atoms with Crippen LogP contribution in [0.25, 0.3) is 0 Å². The number of anilines is 1. The van der Waals surface area contributed by atoms with Crippen LogP contribution in [0.2, 0.25) is 0 Å². The lowest BCUT2D eigenvalue weighted by Crippen LogP contribution is -2.48. The summed E-state index contributed by atoms with van der Waals surface area (Å²) in [5, 5.41) is 3.33. The van der Waals surface area contributed by atoms with Gasteiger partial charge in [0.1, 0.15) is 11.0 Å². The van der Waals surface area contributed by atoms with Crippen molar-refractivity contribution in [3.8, 4) is 0 Å². The molecular formula is C25H28N2O5S. The topological polar surface area (TPSA) is 92.8 Å². The number of imide groups is 1. The van der Waals surface area contributed by atoms with Crippen molar-refractivity contribution >= 4 is 40.0 Å². The number of nitrogens with one attached hydrogen (secondary N) is 1. The number of ether oxygens (including phenoxy) is 1. The first-order valence-corrected chi connectivity index (χ1v) is 12.2. The van der Waals surface area contributed by atoms with E-state index in [4.69, 9.17) is 4.74 Å². The normalized spacial score (nSPS) is 15.9. The highest BCUT2D eigenvalue weighted by atomic mass is 32.1. The molecule has 174 valence electrons. The summed E-state index contributed by atoms with van der Waals surface area (Å²) in [6.45, 7) is 5.86. The number of rotatable bonds is 7. The smallest absolute Gasteiger partial charge is 0.341 e. The molecule has 0 radical (unpaired) electrons. The molecule has 1 atom stereocenters. The number of benzene rings is 1. The van der Waals surface area contributed by atoms with E-state index in [-0.39, 0.29) is 12.5 Å². The molecule has 1 aromatic carbocycles. The Morgan fingerprint density at radius 2 is 1.73 bits per heavy atom. The first-order valence-electron chi connectivity index (χ1n) is 11.4. The minimum atomic E-state index is -0.980. The van der Waals surface area contributed by atoms with Gasteiger partial charge in [0.15, 0.2) is 0 Å². The summed E-state index contributed by atoms with van der Waals surface area (Å²) >= 11 is 1.39. The third-order valence-electron chi connectivity index (χ3n) is 6.02. The molecule has 3 amide bonds. The second-order valence-corrected chi connectivity index (χ2v) is 9.90. The minimum Gasteiger partial charge on any atom is -0.462 e. The van der Waals surface area contributed by atoms with Crippen molar-refractivity contribution in [1.29, 1.82) is 0 Å². The lowest BCUT2D eigenvalue weighted by molar-refractivity contribution is -0.120. The Bertz CT molecular complexity index is 1080. The van der Waals surface area contributed by atoms with Gasteiger partial charge >= 0.3 is 5.97 Å². The molecule has 0 saturated carbocycles. The number of fused-ring (bicyclic) bond motifs is 2. The summed E-state index contributed by atoms with van der Waals surface area (Å²) < 4.78 is 5.27. The Morgan fingerprint density at radius 1 is 1.09 bits per heavy atom. The maximum atomic E-state index is 13.5. The summed E-state index contributed by atoms with van der Waals surface area (Å²) in [6.07, 6.45) is 3.96. The molecule has 7 nitrogen and oxygen atoms in total. The Hall–Kier alpha value is -3.00. The van der Waals surface area contributed by atoms with Gasteiger partial charge in [-0.15, -0.1) is 11.3 Å². The highest BCUT2D eigenvalue weighted by Crippen LogP contribution is 2.39.